The molecule has 12 rings (SSSR count). The molecule has 1 nitrogen and oxygen atoms in total. The van der Waals surface area contributed by atoms with E-state index in [-0.39, 0.29) is 10.8 Å². The monoisotopic (exact) mass is 793 g/mol. The lowest BCUT2D eigenvalue weighted by molar-refractivity contribution is 0.565. The Labute approximate surface area is 365 Å². The van der Waals surface area contributed by atoms with Gasteiger partial charge in [0.2, 0.25) is 0 Å². The van der Waals surface area contributed by atoms with E-state index < -0.39 is 5.41 Å². The quantitative estimate of drug-likeness (QED) is 0.168. The zero-order valence-corrected chi connectivity index (χ0v) is 35.7. The van der Waals surface area contributed by atoms with Gasteiger partial charge in [-0.3, -0.25) is 0 Å². The highest BCUT2D eigenvalue weighted by Crippen LogP contribution is 2.63. The predicted octanol–water partition coefficient (Wildman–Crippen LogP) is 15.8. The Kier molecular flexibility index (Phi) is 7.91. The van der Waals surface area contributed by atoms with Crippen molar-refractivity contribution in [3.05, 3.63) is 257 Å². The molecule has 0 saturated carbocycles. The molecule has 0 amide bonds. The molecule has 62 heavy (non-hydrogen) atoms. The van der Waals surface area contributed by atoms with Gasteiger partial charge in [0.25, 0.3) is 0 Å². The van der Waals surface area contributed by atoms with Crippen molar-refractivity contribution in [1.29, 1.82) is 0 Å². The number of rotatable bonds is 5. The second kappa shape index (κ2) is 13.4. The summed E-state index contributed by atoms with van der Waals surface area (Å²) < 4.78 is 0. The first-order chi connectivity index (χ1) is 30.3. The van der Waals surface area contributed by atoms with Gasteiger partial charge in [-0.2, -0.15) is 0 Å². The van der Waals surface area contributed by atoms with E-state index in [2.05, 4.69) is 245 Å². The summed E-state index contributed by atoms with van der Waals surface area (Å²) >= 11 is 0. The third-order valence-corrected chi connectivity index (χ3v) is 14.5. The van der Waals surface area contributed by atoms with Crippen molar-refractivity contribution in [2.45, 2.75) is 43.9 Å². The second-order valence-electron chi connectivity index (χ2n) is 18.4. The molecule has 0 fully saturated rings. The molecule has 0 N–H and O–H groups in total. The maximum atomic E-state index is 2.43. The van der Waals surface area contributed by atoms with Crippen LogP contribution in [-0.2, 0) is 16.2 Å². The number of fused-ring (bicyclic) bond motifs is 12. The van der Waals surface area contributed by atoms with Crippen LogP contribution >= 0.6 is 0 Å². The fraction of sp³-hybridized carbons (Fsp3) is 0.115. The van der Waals surface area contributed by atoms with E-state index in [1.807, 2.05) is 0 Å². The van der Waals surface area contributed by atoms with Crippen molar-refractivity contribution < 1.29 is 0 Å². The van der Waals surface area contributed by atoms with Crippen LogP contribution < -0.4 is 4.90 Å². The normalized spacial score (nSPS) is 15.2. The number of hydrogen-bond donors (Lipinski definition) is 0. The molecule has 0 unspecified atom stereocenters. The Balaban J connectivity index is 1.02. The minimum atomic E-state index is -0.436. The molecule has 1 spiro atoms. The van der Waals surface area contributed by atoms with Crippen molar-refractivity contribution in [3.63, 3.8) is 0 Å². The highest BCUT2D eigenvalue weighted by Gasteiger charge is 2.53. The van der Waals surface area contributed by atoms with Gasteiger partial charge in [0.15, 0.2) is 0 Å². The SMILES string of the molecule is CC1(C)c2ccccc2-c2ccc(-c3cccc(N(c4ccccc4)c4cccc(-c5cccc6c5C(C)(C)c5ccccc5C65c6ccccc6-c6ccccc65)c4)c3)cc21. The minimum absolute atomic E-state index is 0.0620. The van der Waals surface area contributed by atoms with E-state index in [0.29, 0.717) is 0 Å². The van der Waals surface area contributed by atoms with Gasteiger partial charge >= 0.3 is 0 Å². The summed E-state index contributed by atoms with van der Waals surface area (Å²) in [5, 5.41) is 0. The summed E-state index contributed by atoms with van der Waals surface area (Å²) in [4.78, 5) is 2.42. The molecule has 0 radical (unpaired) electrons. The van der Waals surface area contributed by atoms with Crippen LogP contribution in [0.4, 0.5) is 17.1 Å². The summed E-state index contributed by atoms with van der Waals surface area (Å²) in [5.41, 5.74) is 23.9. The average Bonchev–Trinajstić information content (AvgIpc) is 3.74. The average molecular weight is 794 g/mol. The molecule has 1 heteroatoms. The van der Waals surface area contributed by atoms with E-state index >= 15 is 0 Å². The van der Waals surface area contributed by atoms with Crippen LogP contribution in [0.2, 0.25) is 0 Å². The molecule has 0 aromatic heterocycles. The van der Waals surface area contributed by atoms with Crippen LogP contribution in [0.3, 0.4) is 0 Å². The van der Waals surface area contributed by atoms with Gasteiger partial charge in [-0.05, 0) is 131 Å². The van der Waals surface area contributed by atoms with Crippen LogP contribution in [0.1, 0.15) is 72.2 Å². The van der Waals surface area contributed by atoms with Crippen LogP contribution in [0.25, 0.3) is 44.5 Å². The number of anilines is 3. The van der Waals surface area contributed by atoms with Gasteiger partial charge in [0, 0.05) is 27.9 Å². The predicted molar refractivity (Wildman–Crippen MR) is 259 cm³/mol. The van der Waals surface area contributed by atoms with Crippen LogP contribution in [0.15, 0.2) is 212 Å². The topological polar surface area (TPSA) is 3.24 Å². The smallest absolute Gasteiger partial charge is 0.0719 e. The van der Waals surface area contributed by atoms with E-state index in [9.17, 15) is 0 Å². The summed E-state index contributed by atoms with van der Waals surface area (Å²) in [6.07, 6.45) is 0. The largest absolute Gasteiger partial charge is 0.310 e. The molecule has 0 aliphatic heterocycles. The molecule has 9 aromatic rings. The number of benzene rings is 9. The second-order valence-corrected chi connectivity index (χ2v) is 18.4. The molecule has 9 aromatic carbocycles. The molecule has 0 heterocycles. The molecular formula is C61H47N. The van der Waals surface area contributed by atoms with E-state index in [1.165, 1.54) is 89.0 Å². The first kappa shape index (κ1) is 36.6. The number of para-hydroxylation sites is 1. The molecular weight excluding hydrogens is 747 g/mol. The number of hydrogen-bond acceptors (Lipinski definition) is 1. The van der Waals surface area contributed by atoms with Gasteiger partial charge < -0.3 is 4.90 Å². The van der Waals surface area contributed by atoms with Gasteiger partial charge in [0.05, 0.1) is 5.41 Å². The van der Waals surface area contributed by atoms with Crippen molar-refractivity contribution in [2.75, 3.05) is 4.90 Å². The first-order valence-corrected chi connectivity index (χ1v) is 22.0. The molecule has 0 atom stereocenters. The summed E-state index contributed by atoms with van der Waals surface area (Å²) in [6.45, 7) is 9.57. The Morgan fingerprint density at radius 3 is 1.40 bits per heavy atom. The third kappa shape index (κ3) is 5.03. The molecule has 3 aliphatic carbocycles. The van der Waals surface area contributed by atoms with E-state index in [0.717, 1.165) is 17.1 Å². The fourth-order valence-corrected chi connectivity index (χ4v) is 11.8. The van der Waals surface area contributed by atoms with Crippen LogP contribution in [0.5, 0.6) is 0 Å². The van der Waals surface area contributed by atoms with Crippen molar-refractivity contribution >= 4 is 17.1 Å². The van der Waals surface area contributed by atoms with Crippen LogP contribution in [0, 0.1) is 0 Å². The Bertz CT molecular complexity index is 3210. The Morgan fingerprint density at radius 1 is 0.274 bits per heavy atom. The van der Waals surface area contributed by atoms with Crippen molar-refractivity contribution in [1.82, 2.24) is 0 Å². The minimum Gasteiger partial charge on any atom is -0.310 e. The number of nitrogens with zero attached hydrogens (tertiary/aromatic N) is 1. The summed E-state index contributed by atoms with van der Waals surface area (Å²) in [5.74, 6) is 0. The van der Waals surface area contributed by atoms with Gasteiger partial charge in [0.1, 0.15) is 0 Å². The van der Waals surface area contributed by atoms with Crippen molar-refractivity contribution in [2.24, 2.45) is 0 Å². The third-order valence-electron chi connectivity index (χ3n) is 14.5. The zero-order chi connectivity index (χ0) is 41.8. The molecule has 0 bridgehead atoms. The molecule has 3 aliphatic rings. The molecule has 0 saturated heterocycles. The summed E-state index contributed by atoms with van der Waals surface area (Å²) in [6, 6.07) is 79.5. The fourth-order valence-electron chi connectivity index (χ4n) is 11.8. The van der Waals surface area contributed by atoms with E-state index in [1.54, 1.807) is 0 Å². The maximum Gasteiger partial charge on any atom is 0.0719 e. The Hall–Kier alpha value is -7.22. The van der Waals surface area contributed by atoms with Crippen LogP contribution in [-0.4, -0.2) is 0 Å². The molecule has 296 valence electrons. The summed E-state index contributed by atoms with van der Waals surface area (Å²) in [7, 11) is 0. The zero-order valence-electron chi connectivity index (χ0n) is 35.7. The maximum absolute atomic E-state index is 2.43. The van der Waals surface area contributed by atoms with Gasteiger partial charge in [-0.15, -0.1) is 0 Å². The van der Waals surface area contributed by atoms with Crippen molar-refractivity contribution in [3.8, 4) is 44.5 Å². The highest BCUT2D eigenvalue weighted by molar-refractivity contribution is 5.91. The lowest BCUT2D eigenvalue weighted by Gasteiger charge is -2.47. The van der Waals surface area contributed by atoms with E-state index in [4.69, 9.17) is 0 Å². The van der Waals surface area contributed by atoms with Gasteiger partial charge in [-0.1, -0.05) is 198 Å². The highest BCUT2D eigenvalue weighted by atomic mass is 15.1. The first-order valence-electron chi connectivity index (χ1n) is 22.0. The standard InChI is InChI=1S/C61H47N/c1-59(2)51-29-11-8-25-47(51)50-36-35-41(39-57(50)59)40-19-16-23-44(37-40)62(43-21-6-5-7-22-43)45-24-17-20-42(38-45)46-28-18-34-56-58(46)60(3,4)54-32-14-15-33-55(54)61(56)52-30-12-9-26-48(52)49-27-10-13-31-53(49)61/h5-39H,1-4H3. The van der Waals surface area contributed by atoms with Gasteiger partial charge in [-0.25, -0.2) is 0 Å². The Morgan fingerprint density at radius 2 is 0.726 bits per heavy atom. The lowest BCUT2D eigenvalue weighted by atomic mass is 9.54. The lowest BCUT2D eigenvalue weighted by Crippen LogP contribution is -2.41.